The van der Waals surface area contributed by atoms with Crippen molar-refractivity contribution in [2.24, 2.45) is 4.99 Å². The van der Waals surface area contributed by atoms with Gasteiger partial charge in [0.1, 0.15) is 5.82 Å². The van der Waals surface area contributed by atoms with Crippen LogP contribution in [0.2, 0.25) is 0 Å². The molecule has 0 aliphatic heterocycles. The van der Waals surface area contributed by atoms with Gasteiger partial charge in [0, 0.05) is 42.8 Å². The van der Waals surface area contributed by atoms with Gasteiger partial charge in [-0.2, -0.15) is 0 Å². The van der Waals surface area contributed by atoms with Crippen LogP contribution in [0.4, 0.5) is 4.39 Å². The average Bonchev–Trinajstić information content (AvgIpc) is 2.92. The van der Waals surface area contributed by atoms with Crippen LogP contribution in [-0.2, 0) is 6.42 Å². The Kier molecular flexibility index (Phi) is 5.83. The predicted octanol–water partition coefficient (Wildman–Crippen LogP) is 2.35. The lowest BCUT2D eigenvalue weighted by Gasteiger charge is -2.33. The molecular weight excluding hydrogens is 305 g/mol. The third-order valence-electron chi connectivity index (χ3n) is 4.54. The second-order valence-electron chi connectivity index (χ2n) is 6.81. The number of benzene rings is 1. The SMILES string of the molecule is CN=C(NCCc1c[nH]c2ccc(F)cc12)NCC(C)(C)N(C)C. The first-order valence-corrected chi connectivity index (χ1v) is 8.21. The van der Waals surface area contributed by atoms with Gasteiger partial charge in [-0.05, 0) is 58.1 Å². The van der Waals surface area contributed by atoms with Crippen molar-refractivity contribution in [1.29, 1.82) is 0 Å². The van der Waals surface area contributed by atoms with Crippen LogP contribution in [0.1, 0.15) is 19.4 Å². The third-order valence-corrected chi connectivity index (χ3v) is 4.54. The first-order chi connectivity index (χ1) is 11.3. The van der Waals surface area contributed by atoms with Crippen LogP contribution in [0, 0.1) is 5.82 Å². The van der Waals surface area contributed by atoms with Crippen LogP contribution in [0.25, 0.3) is 10.9 Å². The van der Waals surface area contributed by atoms with Gasteiger partial charge in [0.05, 0.1) is 0 Å². The second kappa shape index (κ2) is 7.66. The lowest BCUT2D eigenvalue weighted by atomic mass is 10.0. The van der Waals surface area contributed by atoms with Crippen molar-refractivity contribution >= 4 is 16.9 Å². The molecule has 132 valence electrons. The Morgan fingerprint density at radius 2 is 2.04 bits per heavy atom. The summed E-state index contributed by atoms with van der Waals surface area (Å²) in [7, 11) is 5.89. The number of nitrogens with zero attached hydrogens (tertiary/aromatic N) is 2. The fraction of sp³-hybridized carbons (Fsp3) is 0.500. The van der Waals surface area contributed by atoms with E-state index in [0.717, 1.165) is 41.9 Å². The van der Waals surface area contributed by atoms with Gasteiger partial charge >= 0.3 is 0 Å². The fourth-order valence-electron chi connectivity index (χ4n) is 2.35. The van der Waals surface area contributed by atoms with Gasteiger partial charge in [-0.15, -0.1) is 0 Å². The van der Waals surface area contributed by atoms with E-state index in [1.807, 2.05) is 6.20 Å². The first kappa shape index (κ1) is 18.3. The van der Waals surface area contributed by atoms with Gasteiger partial charge in [0.15, 0.2) is 5.96 Å². The minimum atomic E-state index is -0.209. The smallest absolute Gasteiger partial charge is 0.191 e. The summed E-state index contributed by atoms with van der Waals surface area (Å²) in [4.78, 5) is 9.61. The Labute approximate surface area is 143 Å². The molecule has 0 aliphatic carbocycles. The quantitative estimate of drug-likeness (QED) is 0.562. The minimum absolute atomic E-state index is 0.0337. The minimum Gasteiger partial charge on any atom is -0.361 e. The van der Waals surface area contributed by atoms with E-state index in [-0.39, 0.29) is 11.4 Å². The van der Waals surface area contributed by atoms with Gasteiger partial charge in [-0.25, -0.2) is 4.39 Å². The highest BCUT2D eigenvalue weighted by Crippen LogP contribution is 2.19. The summed E-state index contributed by atoms with van der Waals surface area (Å²) >= 11 is 0. The Bertz CT molecular complexity index is 702. The van der Waals surface area contributed by atoms with Crippen LogP contribution in [0.3, 0.4) is 0 Å². The van der Waals surface area contributed by atoms with Crippen LogP contribution >= 0.6 is 0 Å². The van der Waals surface area contributed by atoms with E-state index < -0.39 is 0 Å². The number of likely N-dealkylation sites (N-methyl/N-ethyl adjacent to an activating group) is 1. The highest BCUT2D eigenvalue weighted by atomic mass is 19.1. The molecule has 0 saturated heterocycles. The topological polar surface area (TPSA) is 55.5 Å². The fourth-order valence-corrected chi connectivity index (χ4v) is 2.35. The summed E-state index contributed by atoms with van der Waals surface area (Å²) in [5, 5.41) is 7.60. The molecule has 0 atom stereocenters. The van der Waals surface area contributed by atoms with E-state index in [0.29, 0.717) is 0 Å². The first-order valence-electron chi connectivity index (χ1n) is 8.21. The van der Waals surface area contributed by atoms with Crippen molar-refractivity contribution in [2.75, 3.05) is 34.2 Å². The molecule has 1 heterocycles. The Morgan fingerprint density at radius 1 is 1.29 bits per heavy atom. The molecule has 5 nitrogen and oxygen atoms in total. The van der Waals surface area contributed by atoms with Gasteiger partial charge in [0.25, 0.3) is 0 Å². The predicted molar refractivity (Wildman–Crippen MR) is 99.1 cm³/mol. The standard InChI is InChI=1S/C18H28FN5/c1-18(2,24(4)5)12-23-17(20-3)21-9-8-13-11-22-16-7-6-14(19)10-15(13)16/h6-7,10-11,22H,8-9,12H2,1-5H3,(H2,20,21,23). The monoisotopic (exact) mass is 333 g/mol. The summed E-state index contributed by atoms with van der Waals surface area (Å²) in [6, 6.07) is 4.82. The van der Waals surface area contributed by atoms with E-state index in [4.69, 9.17) is 0 Å². The zero-order valence-electron chi connectivity index (χ0n) is 15.2. The molecule has 24 heavy (non-hydrogen) atoms. The molecule has 0 fully saturated rings. The van der Waals surface area contributed by atoms with Crippen LogP contribution in [0.5, 0.6) is 0 Å². The van der Waals surface area contributed by atoms with E-state index in [2.05, 4.69) is 53.5 Å². The van der Waals surface area contributed by atoms with E-state index >= 15 is 0 Å². The zero-order chi connectivity index (χ0) is 17.7. The summed E-state index contributed by atoms with van der Waals surface area (Å²) in [6.45, 7) is 5.87. The second-order valence-corrected chi connectivity index (χ2v) is 6.81. The maximum atomic E-state index is 13.4. The molecule has 0 saturated carbocycles. The molecule has 6 heteroatoms. The van der Waals surface area contributed by atoms with Gasteiger partial charge in [0.2, 0.25) is 0 Å². The van der Waals surface area contributed by atoms with Crippen molar-refractivity contribution in [3.05, 3.63) is 35.8 Å². The summed E-state index contributed by atoms with van der Waals surface area (Å²) < 4.78 is 13.4. The summed E-state index contributed by atoms with van der Waals surface area (Å²) in [5.74, 6) is 0.565. The molecule has 0 unspecified atom stereocenters. The molecule has 3 N–H and O–H groups in total. The molecule has 2 rings (SSSR count). The van der Waals surface area contributed by atoms with E-state index in [1.165, 1.54) is 6.07 Å². The van der Waals surface area contributed by atoms with Gasteiger partial charge in [-0.1, -0.05) is 0 Å². The summed E-state index contributed by atoms with van der Waals surface area (Å²) in [5.41, 5.74) is 2.09. The number of nitrogens with one attached hydrogen (secondary N) is 3. The van der Waals surface area contributed by atoms with Crippen LogP contribution in [0.15, 0.2) is 29.4 Å². The highest BCUT2D eigenvalue weighted by Gasteiger charge is 2.20. The maximum Gasteiger partial charge on any atom is 0.191 e. The Balaban J connectivity index is 1.88. The highest BCUT2D eigenvalue weighted by molar-refractivity contribution is 5.83. The lowest BCUT2D eigenvalue weighted by molar-refractivity contribution is 0.197. The normalized spacial score (nSPS) is 12.9. The number of aromatic amines is 1. The largest absolute Gasteiger partial charge is 0.361 e. The van der Waals surface area contributed by atoms with Crippen LogP contribution in [-0.4, -0.2) is 55.6 Å². The van der Waals surface area contributed by atoms with Gasteiger partial charge in [-0.3, -0.25) is 4.99 Å². The molecule has 0 aliphatic rings. The van der Waals surface area contributed by atoms with Crippen molar-refractivity contribution in [3.63, 3.8) is 0 Å². The lowest BCUT2D eigenvalue weighted by Crippen LogP contribution is -2.51. The number of aromatic nitrogens is 1. The van der Waals surface area contributed by atoms with Crippen molar-refractivity contribution in [2.45, 2.75) is 25.8 Å². The van der Waals surface area contributed by atoms with E-state index in [9.17, 15) is 4.39 Å². The molecule has 0 amide bonds. The van der Waals surface area contributed by atoms with Crippen molar-refractivity contribution < 1.29 is 4.39 Å². The number of aliphatic imine (C=N–C) groups is 1. The molecule has 1 aromatic carbocycles. The zero-order valence-corrected chi connectivity index (χ0v) is 15.2. The molecular formula is C18H28FN5. The molecule has 0 radical (unpaired) electrons. The number of rotatable bonds is 6. The Morgan fingerprint density at radius 3 is 2.71 bits per heavy atom. The molecule has 0 bridgehead atoms. The summed E-state index contributed by atoms with van der Waals surface area (Å²) in [6.07, 6.45) is 2.73. The average molecular weight is 333 g/mol. The molecule has 0 spiro atoms. The van der Waals surface area contributed by atoms with E-state index in [1.54, 1.807) is 19.2 Å². The molecule has 1 aromatic heterocycles. The van der Waals surface area contributed by atoms with Crippen LogP contribution < -0.4 is 10.6 Å². The number of guanidine groups is 1. The number of hydrogen-bond acceptors (Lipinski definition) is 2. The van der Waals surface area contributed by atoms with Crippen molar-refractivity contribution in [3.8, 4) is 0 Å². The number of hydrogen-bond donors (Lipinski definition) is 3. The number of halogens is 1. The number of fused-ring (bicyclic) bond motifs is 1. The third kappa shape index (κ3) is 4.47. The molecule has 2 aromatic rings. The Hall–Kier alpha value is -2.08. The number of H-pyrrole nitrogens is 1. The van der Waals surface area contributed by atoms with Crippen molar-refractivity contribution in [1.82, 2.24) is 20.5 Å². The maximum absolute atomic E-state index is 13.4. The van der Waals surface area contributed by atoms with Gasteiger partial charge < -0.3 is 20.5 Å².